The van der Waals surface area contributed by atoms with E-state index in [0.717, 1.165) is 55.0 Å². The van der Waals surface area contributed by atoms with E-state index in [0.29, 0.717) is 19.1 Å². The number of benzene rings is 1. The number of amides is 1. The van der Waals surface area contributed by atoms with Crippen molar-refractivity contribution in [1.29, 1.82) is 0 Å². The minimum Gasteiger partial charge on any atom is -0.482 e. The van der Waals surface area contributed by atoms with Crippen LogP contribution in [-0.2, 0) is 5.60 Å². The van der Waals surface area contributed by atoms with Gasteiger partial charge in [0, 0.05) is 37.1 Å². The molecule has 7 heteroatoms. The second-order valence-electron chi connectivity index (χ2n) is 9.25. The quantitative estimate of drug-likeness (QED) is 0.583. The third kappa shape index (κ3) is 3.18. The van der Waals surface area contributed by atoms with E-state index in [9.17, 15) is 4.79 Å². The lowest BCUT2D eigenvalue weighted by Gasteiger charge is -2.44. The number of hydrogen-bond donors (Lipinski definition) is 0. The molecule has 2 saturated heterocycles. The molecule has 2 aromatic heterocycles. The highest BCUT2D eigenvalue weighted by molar-refractivity contribution is 7.12. The van der Waals surface area contributed by atoms with E-state index in [-0.39, 0.29) is 5.91 Å². The topological polar surface area (TPSA) is 50.6 Å². The Morgan fingerprint density at radius 3 is 2.62 bits per heavy atom. The molecule has 0 bridgehead atoms. The lowest BCUT2D eigenvalue weighted by Crippen LogP contribution is -2.49. The molecule has 166 valence electrons. The van der Waals surface area contributed by atoms with Crippen LogP contribution in [0.3, 0.4) is 0 Å². The maximum atomic E-state index is 12.9. The van der Waals surface area contributed by atoms with E-state index in [1.54, 1.807) is 0 Å². The Balaban J connectivity index is 1.34. The number of thiophene rings is 1. The first-order chi connectivity index (χ1) is 15.6. The lowest BCUT2D eigenvalue weighted by molar-refractivity contribution is -0.00168. The van der Waals surface area contributed by atoms with Crippen LogP contribution in [0.15, 0.2) is 48.0 Å². The third-order valence-electron chi connectivity index (χ3n) is 7.36. The molecule has 0 aliphatic carbocycles. The molecular weight excluding hydrogens is 420 g/mol. The Morgan fingerprint density at radius 1 is 1.09 bits per heavy atom. The lowest BCUT2D eigenvalue weighted by atomic mass is 9.80. The Bertz CT molecular complexity index is 1120. The van der Waals surface area contributed by atoms with Gasteiger partial charge in [-0.05, 0) is 56.6 Å². The molecule has 3 aliphatic rings. The van der Waals surface area contributed by atoms with Crippen LogP contribution in [0.25, 0.3) is 11.3 Å². The number of carbonyl (C=O) groups is 1. The summed E-state index contributed by atoms with van der Waals surface area (Å²) in [7, 11) is 2.19. The summed E-state index contributed by atoms with van der Waals surface area (Å²) in [6.45, 7) is 3.58. The number of aromatic nitrogens is 2. The van der Waals surface area contributed by atoms with E-state index in [2.05, 4.69) is 34.8 Å². The van der Waals surface area contributed by atoms with Crippen LogP contribution in [0, 0.1) is 0 Å². The zero-order chi connectivity index (χ0) is 21.7. The summed E-state index contributed by atoms with van der Waals surface area (Å²) in [4.78, 5) is 18.1. The summed E-state index contributed by atoms with van der Waals surface area (Å²) in [5, 5.41) is 6.89. The average molecular weight is 449 g/mol. The summed E-state index contributed by atoms with van der Waals surface area (Å²) >= 11 is 1.51. The molecule has 2 fully saturated rings. The molecule has 5 heterocycles. The first-order valence-electron chi connectivity index (χ1n) is 11.5. The monoisotopic (exact) mass is 448 g/mol. The maximum absolute atomic E-state index is 12.9. The Kier molecular flexibility index (Phi) is 4.84. The number of fused-ring (bicyclic) bond motifs is 4. The van der Waals surface area contributed by atoms with Gasteiger partial charge in [0.1, 0.15) is 11.4 Å². The van der Waals surface area contributed by atoms with Gasteiger partial charge in [-0.1, -0.05) is 18.2 Å². The van der Waals surface area contributed by atoms with Crippen LogP contribution in [0.5, 0.6) is 5.75 Å². The van der Waals surface area contributed by atoms with Crippen molar-refractivity contribution >= 4 is 17.2 Å². The molecule has 1 spiro atoms. The van der Waals surface area contributed by atoms with Gasteiger partial charge < -0.3 is 14.5 Å². The van der Waals surface area contributed by atoms with E-state index in [1.165, 1.54) is 22.6 Å². The van der Waals surface area contributed by atoms with Gasteiger partial charge in [0.2, 0.25) is 0 Å². The van der Waals surface area contributed by atoms with Gasteiger partial charge in [0.25, 0.3) is 5.91 Å². The van der Waals surface area contributed by atoms with E-state index in [4.69, 9.17) is 9.84 Å². The molecule has 3 aliphatic heterocycles. The van der Waals surface area contributed by atoms with Crippen molar-refractivity contribution in [3.8, 4) is 17.0 Å². The number of hydrogen-bond acceptors (Lipinski definition) is 5. The number of para-hydroxylation sites is 1. The molecule has 0 atom stereocenters. The highest BCUT2D eigenvalue weighted by Gasteiger charge is 2.46. The van der Waals surface area contributed by atoms with E-state index in [1.807, 2.05) is 34.7 Å². The summed E-state index contributed by atoms with van der Waals surface area (Å²) in [6.07, 6.45) is 5.84. The fraction of sp³-hybridized carbons (Fsp3) is 0.440. The normalized spacial score (nSPS) is 20.6. The van der Waals surface area contributed by atoms with Crippen LogP contribution >= 0.6 is 11.3 Å². The summed E-state index contributed by atoms with van der Waals surface area (Å²) in [6, 6.07) is 12.6. The Hall–Kier alpha value is -2.64. The van der Waals surface area contributed by atoms with E-state index < -0.39 is 5.60 Å². The highest BCUT2D eigenvalue weighted by atomic mass is 32.1. The van der Waals surface area contributed by atoms with Gasteiger partial charge in [-0.25, -0.2) is 0 Å². The van der Waals surface area contributed by atoms with Gasteiger partial charge in [0.15, 0.2) is 0 Å². The number of likely N-dealkylation sites (tertiary alicyclic amines) is 2. The molecule has 0 saturated carbocycles. The minimum absolute atomic E-state index is 0.133. The number of piperidine rings is 2. The van der Waals surface area contributed by atoms with Gasteiger partial charge in [-0.3, -0.25) is 9.48 Å². The molecule has 0 N–H and O–H groups in total. The molecule has 0 unspecified atom stereocenters. The van der Waals surface area contributed by atoms with Crippen molar-refractivity contribution in [2.75, 3.05) is 33.2 Å². The second-order valence-corrected chi connectivity index (χ2v) is 10.2. The second kappa shape index (κ2) is 7.74. The summed E-state index contributed by atoms with van der Waals surface area (Å²) < 4.78 is 9.00. The van der Waals surface area contributed by atoms with Gasteiger partial charge in [-0.15, -0.1) is 11.3 Å². The Labute approximate surface area is 192 Å². The van der Waals surface area contributed by atoms with Crippen molar-refractivity contribution in [2.24, 2.45) is 0 Å². The molecular formula is C25H28N4O2S. The molecule has 6 rings (SSSR count). The minimum atomic E-state index is -0.417. The zero-order valence-corrected chi connectivity index (χ0v) is 19.2. The summed E-state index contributed by atoms with van der Waals surface area (Å²) in [5.74, 6) is 1.07. The fourth-order valence-corrected chi connectivity index (χ4v) is 6.19. The van der Waals surface area contributed by atoms with Crippen LogP contribution in [-0.4, -0.2) is 58.7 Å². The smallest absolute Gasteiger partial charge is 0.263 e. The van der Waals surface area contributed by atoms with Crippen LogP contribution < -0.4 is 4.74 Å². The average Bonchev–Trinajstić information content (AvgIpc) is 3.51. The number of nitrogens with zero attached hydrogens (tertiary/aromatic N) is 4. The van der Waals surface area contributed by atoms with Gasteiger partial charge in [-0.2, -0.15) is 5.10 Å². The molecule has 6 nitrogen and oxygen atoms in total. The molecule has 1 aromatic carbocycles. The number of ether oxygens (including phenoxy) is 1. The Morgan fingerprint density at radius 2 is 1.88 bits per heavy atom. The van der Waals surface area contributed by atoms with Crippen molar-refractivity contribution in [3.63, 3.8) is 0 Å². The van der Waals surface area contributed by atoms with Crippen LogP contribution in [0.1, 0.15) is 47.0 Å². The first kappa shape index (κ1) is 20.0. The number of rotatable bonds is 2. The van der Waals surface area contributed by atoms with Crippen molar-refractivity contribution in [3.05, 3.63) is 58.4 Å². The van der Waals surface area contributed by atoms with Crippen molar-refractivity contribution < 1.29 is 9.53 Å². The SMILES string of the molecule is CN1CCC(n2ncc3c2-c2ccccc2OC32CCN(C(=O)c3cccs3)CC2)CC1. The van der Waals surface area contributed by atoms with Gasteiger partial charge in [0.05, 0.1) is 22.8 Å². The van der Waals surface area contributed by atoms with E-state index >= 15 is 0 Å². The third-order valence-corrected chi connectivity index (χ3v) is 8.22. The van der Waals surface area contributed by atoms with Crippen LogP contribution in [0.4, 0.5) is 0 Å². The summed E-state index contributed by atoms with van der Waals surface area (Å²) in [5.41, 5.74) is 3.14. The molecule has 1 amide bonds. The fourth-order valence-electron chi connectivity index (χ4n) is 5.50. The van der Waals surface area contributed by atoms with Crippen molar-refractivity contribution in [1.82, 2.24) is 19.6 Å². The first-order valence-corrected chi connectivity index (χ1v) is 12.4. The van der Waals surface area contributed by atoms with Crippen LogP contribution in [0.2, 0.25) is 0 Å². The molecule has 3 aromatic rings. The largest absolute Gasteiger partial charge is 0.482 e. The standard InChI is InChI=1S/C25H28N4O2S/c1-27-12-8-18(9-13-27)29-23-19-5-2-3-6-21(19)31-25(20(23)17-26-29)10-14-28(15-11-25)24(30)22-7-4-16-32-22/h2-7,16-18H,8-15H2,1H3. The molecule has 32 heavy (non-hydrogen) atoms. The number of carbonyl (C=O) groups excluding carboxylic acids is 1. The zero-order valence-electron chi connectivity index (χ0n) is 18.4. The highest BCUT2D eigenvalue weighted by Crippen LogP contribution is 2.50. The maximum Gasteiger partial charge on any atom is 0.263 e. The van der Waals surface area contributed by atoms with Gasteiger partial charge >= 0.3 is 0 Å². The van der Waals surface area contributed by atoms with Crippen molar-refractivity contribution in [2.45, 2.75) is 37.3 Å². The predicted molar refractivity (Wildman–Crippen MR) is 125 cm³/mol. The predicted octanol–water partition coefficient (Wildman–Crippen LogP) is 4.40. The molecule has 0 radical (unpaired) electrons.